The van der Waals surface area contributed by atoms with Crippen LogP contribution < -0.4 is 0 Å². The van der Waals surface area contributed by atoms with E-state index in [1.807, 2.05) is 17.6 Å². The van der Waals surface area contributed by atoms with Crippen LogP contribution in [-0.4, -0.2) is 19.7 Å². The maximum Gasteiger partial charge on any atom is 0.199 e. The fourth-order valence-electron chi connectivity index (χ4n) is 1.21. The molecule has 2 heterocycles. The molecule has 0 saturated carbocycles. The minimum absolute atomic E-state index is 0.578. The van der Waals surface area contributed by atoms with Crippen molar-refractivity contribution >= 4 is 28.1 Å². The second-order valence-electron chi connectivity index (χ2n) is 2.74. The molecule has 0 bridgehead atoms. The van der Waals surface area contributed by atoms with Gasteiger partial charge in [-0.2, -0.15) is 5.10 Å². The van der Waals surface area contributed by atoms with Gasteiger partial charge in [-0.05, 0) is 41.1 Å². The molecule has 6 heteroatoms. The molecule has 14 heavy (non-hydrogen) atoms. The highest BCUT2D eigenvalue weighted by Crippen LogP contribution is 2.20. The van der Waals surface area contributed by atoms with E-state index in [-0.39, 0.29) is 0 Å². The summed E-state index contributed by atoms with van der Waals surface area (Å²) in [6.07, 6.45) is 3.44. The van der Waals surface area contributed by atoms with Gasteiger partial charge in [0.25, 0.3) is 0 Å². The van der Waals surface area contributed by atoms with E-state index in [1.165, 1.54) is 0 Å². The van der Waals surface area contributed by atoms with Crippen LogP contribution in [0.4, 0.5) is 0 Å². The van der Waals surface area contributed by atoms with E-state index in [4.69, 9.17) is 12.2 Å². The topological polar surface area (TPSA) is 46.5 Å². The lowest BCUT2D eigenvalue weighted by Crippen LogP contribution is -1.98. The Morgan fingerprint density at radius 1 is 1.57 bits per heavy atom. The van der Waals surface area contributed by atoms with Gasteiger partial charge in [-0.25, -0.2) is 0 Å². The number of aromatic nitrogens is 4. The Morgan fingerprint density at radius 2 is 2.36 bits per heavy atom. The normalized spacial score (nSPS) is 10.4. The van der Waals surface area contributed by atoms with Crippen LogP contribution in [0.15, 0.2) is 22.9 Å². The minimum Gasteiger partial charge on any atom is -0.271 e. The minimum atomic E-state index is 0.578. The van der Waals surface area contributed by atoms with Crippen molar-refractivity contribution in [1.29, 1.82) is 0 Å². The highest BCUT2D eigenvalue weighted by atomic mass is 79.9. The average Bonchev–Trinajstić information content (AvgIpc) is 2.48. The Morgan fingerprint density at radius 3 is 2.93 bits per heavy atom. The van der Waals surface area contributed by atoms with Crippen molar-refractivity contribution in [3.05, 3.63) is 33.5 Å². The van der Waals surface area contributed by atoms with E-state index in [9.17, 15) is 0 Å². The van der Waals surface area contributed by atoms with Gasteiger partial charge in [-0.3, -0.25) is 14.6 Å². The van der Waals surface area contributed by atoms with E-state index >= 15 is 0 Å². The van der Waals surface area contributed by atoms with Crippen molar-refractivity contribution in [2.75, 3.05) is 0 Å². The molecule has 2 rings (SSSR count). The van der Waals surface area contributed by atoms with Crippen LogP contribution in [0.3, 0.4) is 0 Å². The summed E-state index contributed by atoms with van der Waals surface area (Å²) in [4.78, 5) is 3.99. The molecule has 0 aliphatic rings. The average molecular weight is 271 g/mol. The molecule has 0 aromatic carbocycles. The van der Waals surface area contributed by atoms with E-state index < -0.39 is 0 Å². The molecule has 0 saturated heterocycles. The van der Waals surface area contributed by atoms with Crippen LogP contribution >= 0.6 is 28.1 Å². The first-order valence-corrected chi connectivity index (χ1v) is 5.14. The number of H-pyrrole nitrogens is 1. The van der Waals surface area contributed by atoms with Crippen molar-refractivity contribution in [3.8, 4) is 5.69 Å². The summed E-state index contributed by atoms with van der Waals surface area (Å²) in [6, 6.07) is 1.88. The summed E-state index contributed by atoms with van der Waals surface area (Å²) in [7, 11) is 0. The van der Waals surface area contributed by atoms with Crippen molar-refractivity contribution in [2.24, 2.45) is 0 Å². The van der Waals surface area contributed by atoms with Crippen molar-refractivity contribution < 1.29 is 0 Å². The Labute approximate surface area is 94.1 Å². The van der Waals surface area contributed by atoms with E-state index in [1.54, 1.807) is 12.4 Å². The van der Waals surface area contributed by atoms with Gasteiger partial charge in [0.15, 0.2) is 4.77 Å². The van der Waals surface area contributed by atoms with Crippen LogP contribution in [0.25, 0.3) is 5.69 Å². The zero-order valence-corrected chi connectivity index (χ0v) is 9.76. The Hall–Kier alpha value is -1.01. The molecule has 0 atom stereocenters. The fraction of sp³-hybridized carbons (Fsp3) is 0.125. The highest BCUT2D eigenvalue weighted by molar-refractivity contribution is 9.10. The molecular formula is C8H7BrN4S. The second-order valence-corrected chi connectivity index (χ2v) is 3.98. The zero-order chi connectivity index (χ0) is 10.1. The molecule has 0 aliphatic heterocycles. The Balaban J connectivity index is 2.72. The predicted molar refractivity (Wildman–Crippen MR) is 59.0 cm³/mol. The van der Waals surface area contributed by atoms with Gasteiger partial charge >= 0.3 is 0 Å². The first kappa shape index (κ1) is 9.54. The van der Waals surface area contributed by atoms with E-state index in [2.05, 4.69) is 31.1 Å². The predicted octanol–water partition coefficient (Wildman–Crippen LogP) is 2.40. The number of halogens is 1. The zero-order valence-electron chi connectivity index (χ0n) is 7.36. The summed E-state index contributed by atoms with van der Waals surface area (Å²) < 4.78 is 3.32. The lowest BCUT2D eigenvalue weighted by molar-refractivity contribution is 0.953. The van der Waals surface area contributed by atoms with E-state index in [0.29, 0.717) is 4.77 Å². The second kappa shape index (κ2) is 3.62. The van der Waals surface area contributed by atoms with Crippen LogP contribution in [0.2, 0.25) is 0 Å². The number of rotatable bonds is 1. The smallest absolute Gasteiger partial charge is 0.199 e. The van der Waals surface area contributed by atoms with Crippen LogP contribution in [-0.2, 0) is 0 Å². The molecule has 4 nitrogen and oxygen atoms in total. The van der Waals surface area contributed by atoms with Crippen molar-refractivity contribution in [3.63, 3.8) is 0 Å². The van der Waals surface area contributed by atoms with Gasteiger partial charge < -0.3 is 0 Å². The van der Waals surface area contributed by atoms with Gasteiger partial charge in [-0.1, -0.05) is 0 Å². The van der Waals surface area contributed by atoms with Gasteiger partial charge in [0, 0.05) is 12.4 Å². The van der Waals surface area contributed by atoms with Crippen LogP contribution in [0, 0.1) is 11.7 Å². The van der Waals surface area contributed by atoms with Crippen LogP contribution in [0.5, 0.6) is 0 Å². The van der Waals surface area contributed by atoms with Gasteiger partial charge in [0.1, 0.15) is 5.82 Å². The summed E-state index contributed by atoms with van der Waals surface area (Å²) in [5.74, 6) is 0.821. The molecule has 0 radical (unpaired) electrons. The number of pyridine rings is 1. The maximum absolute atomic E-state index is 5.12. The first-order valence-electron chi connectivity index (χ1n) is 3.94. The molecular weight excluding hydrogens is 264 g/mol. The molecule has 0 spiro atoms. The molecule has 0 unspecified atom stereocenters. The van der Waals surface area contributed by atoms with Crippen molar-refractivity contribution in [2.45, 2.75) is 6.92 Å². The molecule has 0 aliphatic carbocycles. The third kappa shape index (κ3) is 1.51. The lowest BCUT2D eigenvalue weighted by Gasteiger charge is -2.04. The lowest BCUT2D eigenvalue weighted by atomic mass is 10.4. The SMILES string of the molecule is Cc1n[nH]c(=S)n1-c1ccncc1Br. The highest BCUT2D eigenvalue weighted by Gasteiger charge is 2.06. The summed E-state index contributed by atoms with van der Waals surface area (Å²) in [6.45, 7) is 1.89. The summed E-state index contributed by atoms with van der Waals surface area (Å²) in [5.41, 5.74) is 0.941. The number of nitrogens with zero attached hydrogens (tertiary/aromatic N) is 3. The number of nitrogens with one attached hydrogen (secondary N) is 1. The molecule has 1 N–H and O–H groups in total. The standard InChI is InChI=1S/C8H7BrN4S/c1-5-11-12-8(14)13(5)7-2-3-10-4-6(7)9/h2-4H,1H3,(H,12,14). The number of hydrogen-bond acceptors (Lipinski definition) is 3. The molecule has 72 valence electrons. The summed E-state index contributed by atoms with van der Waals surface area (Å²) in [5, 5.41) is 6.78. The Kier molecular flexibility index (Phi) is 2.47. The fourth-order valence-corrected chi connectivity index (χ4v) is 1.91. The number of aromatic amines is 1. The van der Waals surface area contributed by atoms with Gasteiger partial charge in [-0.15, -0.1) is 0 Å². The summed E-state index contributed by atoms with van der Waals surface area (Å²) >= 11 is 8.53. The molecule has 2 aromatic rings. The number of aryl methyl sites for hydroxylation is 1. The molecule has 0 fully saturated rings. The third-order valence-corrected chi connectivity index (χ3v) is 2.72. The van der Waals surface area contributed by atoms with Gasteiger partial charge in [0.2, 0.25) is 0 Å². The largest absolute Gasteiger partial charge is 0.271 e. The first-order chi connectivity index (χ1) is 6.70. The van der Waals surface area contributed by atoms with Crippen molar-refractivity contribution in [1.82, 2.24) is 19.7 Å². The number of hydrogen-bond donors (Lipinski definition) is 1. The molecule has 0 amide bonds. The Bertz CT molecular complexity index is 516. The van der Waals surface area contributed by atoms with Gasteiger partial charge in [0.05, 0.1) is 10.2 Å². The molecule has 2 aromatic heterocycles. The van der Waals surface area contributed by atoms with Crippen LogP contribution in [0.1, 0.15) is 5.82 Å². The van der Waals surface area contributed by atoms with E-state index in [0.717, 1.165) is 16.0 Å². The maximum atomic E-state index is 5.12. The monoisotopic (exact) mass is 270 g/mol. The quantitative estimate of drug-likeness (QED) is 0.810. The third-order valence-electron chi connectivity index (χ3n) is 1.83.